The van der Waals surface area contributed by atoms with Crippen LogP contribution in [-0.4, -0.2) is 25.3 Å². The highest BCUT2D eigenvalue weighted by atomic mass is 32.1. The molecule has 1 N–H and O–H groups in total. The molecule has 0 saturated carbocycles. The molecule has 0 saturated heterocycles. The highest BCUT2D eigenvalue weighted by Crippen LogP contribution is 2.28. The van der Waals surface area contributed by atoms with Crippen LogP contribution in [0.5, 0.6) is 0 Å². The van der Waals surface area contributed by atoms with E-state index in [0.717, 1.165) is 10.4 Å². The fraction of sp³-hybridized carbons (Fsp3) is 0.158. The van der Waals surface area contributed by atoms with E-state index in [1.807, 2.05) is 43.3 Å². The van der Waals surface area contributed by atoms with Crippen LogP contribution in [0.4, 0.5) is 0 Å². The van der Waals surface area contributed by atoms with Crippen molar-refractivity contribution in [1.29, 1.82) is 0 Å². The average Bonchev–Trinajstić information content (AvgIpc) is 3.25. The lowest BCUT2D eigenvalue weighted by Crippen LogP contribution is -2.21. The zero-order chi connectivity index (χ0) is 18.3. The summed E-state index contributed by atoms with van der Waals surface area (Å²) in [6.07, 6.45) is 1.62. The van der Waals surface area contributed by atoms with Crippen LogP contribution in [0.15, 0.2) is 53.5 Å². The fourth-order valence-electron chi connectivity index (χ4n) is 2.92. The Morgan fingerprint density at radius 2 is 1.96 bits per heavy atom. The van der Waals surface area contributed by atoms with Gasteiger partial charge in [-0.3, -0.25) is 14.3 Å². The number of aromatic nitrogens is 4. The third kappa shape index (κ3) is 2.76. The van der Waals surface area contributed by atoms with E-state index in [4.69, 9.17) is 0 Å². The van der Waals surface area contributed by atoms with Gasteiger partial charge >= 0.3 is 5.69 Å². The smallest absolute Gasteiger partial charge is 0.294 e. The molecule has 7 heteroatoms. The minimum atomic E-state index is -0.246. The van der Waals surface area contributed by atoms with Crippen LogP contribution in [0.25, 0.3) is 21.9 Å². The first-order chi connectivity index (χ1) is 12.5. The summed E-state index contributed by atoms with van der Waals surface area (Å²) in [4.78, 5) is 37.3. The molecule has 0 amide bonds. The summed E-state index contributed by atoms with van der Waals surface area (Å²) >= 11 is 1.37. The summed E-state index contributed by atoms with van der Waals surface area (Å²) in [7, 11) is 0. The SMILES string of the molecule is CC(=O)c1ccc(-c2cnc3[nH]c(=O)n([C@H](C)c4ccccc4)c3n2)s1. The van der Waals surface area contributed by atoms with E-state index < -0.39 is 0 Å². The number of carbonyl (C=O) groups is 1. The van der Waals surface area contributed by atoms with Crippen LogP contribution in [-0.2, 0) is 0 Å². The van der Waals surface area contributed by atoms with Crippen molar-refractivity contribution >= 4 is 28.4 Å². The van der Waals surface area contributed by atoms with Crippen LogP contribution in [0.2, 0.25) is 0 Å². The molecule has 0 radical (unpaired) electrons. The maximum atomic E-state index is 12.5. The summed E-state index contributed by atoms with van der Waals surface area (Å²) < 4.78 is 1.61. The quantitative estimate of drug-likeness (QED) is 0.560. The average molecular weight is 364 g/mol. The molecule has 0 aliphatic carbocycles. The molecule has 26 heavy (non-hydrogen) atoms. The van der Waals surface area contributed by atoms with Crippen molar-refractivity contribution in [3.63, 3.8) is 0 Å². The Balaban J connectivity index is 1.85. The number of benzene rings is 1. The molecule has 4 rings (SSSR count). The number of fused-ring (bicyclic) bond motifs is 1. The van der Waals surface area contributed by atoms with Crippen molar-refractivity contribution < 1.29 is 4.79 Å². The standard InChI is InChI=1S/C19H16N4O2S/c1-11(13-6-4-3-5-7-13)23-18-17(22-19(23)25)20-10-14(21-18)16-9-8-15(26-16)12(2)24/h3-11H,1-2H3,(H,20,22,25)/t11-/m1/s1. The summed E-state index contributed by atoms with van der Waals surface area (Å²) in [6, 6.07) is 13.2. The summed E-state index contributed by atoms with van der Waals surface area (Å²) in [5, 5.41) is 0. The second kappa shape index (κ2) is 6.34. The number of carbonyl (C=O) groups excluding carboxylic acids is 1. The second-order valence-corrected chi connectivity index (χ2v) is 7.12. The van der Waals surface area contributed by atoms with Crippen molar-refractivity contribution in [1.82, 2.24) is 19.5 Å². The molecular formula is C19H16N4O2S. The molecule has 3 heterocycles. The van der Waals surface area contributed by atoms with Crippen LogP contribution >= 0.6 is 11.3 Å². The zero-order valence-corrected chi connectivity index (χ0v) is 15.1. The van der Waals surface area contributed by atoms with Crippen LogP contribution in [0.3, 0.4) is 0 Å². The monoisotopic (exact) mass is 364 g/mol. The zero-order valence-electron chi connectivity index (χ0n) is 14.3. The van der Waals surface area contributed by atoms with Crippen molar-refractivity contribution in [2.24, 2.45) is 0 Å². The van der Waals surface area contributed by atoms with Crippen LogP contribution in [0.1, 0.15) is 35.1 Å². The number of nitrogens with zero attached hydrogens (tertiary/aromatic N) is 3. The predicted octanol–water partition coefficient (Wildman–Crippen LogP) is 3.66. The van der Waals surface area contributed by atoms with Gasteiger partial charge in [-0.05, 0) is 31.5 Å². The van der Waals surface area contributed by atoms with Crippen molar-refractivity contribution in [3.8, 4) is 10.6 Å². The Labute approximate surface area is 153 Å². The number of imidazole rings is 1. The number of hydrogen-bond donors (Lipinski definition) is 1. The van der Waals surface area contributed by atoms with E-state index in [1.165, 1.54) is 18.3 Å². The molecule has 1 atom stereocenters. The number of ketones is 1. The first-order valence-electron chi connectivity index (χ1n) is 8.18. The van der Waals surface area contributed by atoms with Gasteiger partial charge in [0, 0.05) is 0 Å². The predicted molar refractivity (Wildman–Crippen MR) is 102 cm³/mol. The molecule has 6 nitrogen and oxygen atoms in total. The molecule has 0 aliphatic rings. The van der Waals surface area contributed by atoms with E-state index in [1.54, 1.807) is 16.8 Å². The Morgan fingerprint density at radius 3 is 2.65 bits per heavy atom. The van der Waals surface area contributed by atoms with E-state index in [2.05, 4.69) is 15.0 Å². The normalized spacial score (nSPS) is 12.4. The van der Waals surface area contributed by atoms with Gasteiger partial charge in [0.2, 0.25) is 0 Å². The number of Topliss-reactive ketones (excluding diaryl/α,β-unsaturated/α-hetero) is 1. The Hall–Kier alpha value is -3.06. The number of rotatable bonds is 4. The third-order valence-electron chi connectivity index (χ3n) is 4.30. The molecule has 0 fully saturated rings. The molecule has 1 aromatic carbocycles. The molecule has 0 unspecified atom stereocenters. The van der Waals surface area contributed by atoms with Gasteiger partial charge < -0.3 is 0 Å². The highest BCUT2D eigenvalue weighted by molar-refractivity contribution is 7.17. The maximum Gasteiger partial charge on any atom is 0.329 e. The first kappa shape index (κ1) is 16.4. The molecule has 4 aromatic rings. The number of thiophene rings is 1. The summed E-state index contributed by atoms with van der Waals surface area (Å²) in [5.74, 6) is 0.0199. The van der Waals surface area contributed by atoms with Gasteiger partial charge in [0.15, 0.2) is 17.1 Å². The van der Waals surface area contributed by atoms with Gasteiger partial charge in [-0.25, -0.2) is 14.8 Å². The van der Waals surface area contributed by atoms with E-state index in [0.29, 0.717) is 21.9 Å². The minimum absolute atomic E-state index is 0.0199. The lowest BCUT2D eigenvalue weighted by atomic mass is 10.1. The highest BCUT2D eigenvalue weighted by Gasteiger charge is 2.18. The van der Waals surface area contributed by atoms with Gasteiger partial charge in [0.05, 0.1) is 22.0 Å². The van der Waals surface area contributed by atoms with Gasteiger partial charge in [-0.1, -0.05) is 30.3 Å². The van der Waals surface area contributed by atoms with Crippen molar-refractivity contribution in [2.75, 3.05) is 0 Å². The molecule has 0 aliphatic heterocycles. The van der Waals surface area contributed by atoms with E-state index in [9.17, 15) is 9.59 Å². The topological polar surface area (TPSA) is 80.6 Å². The number of nitrogens with one attached hydrogen (secondary N) is 1. The minimum Gasteiger partial charge on any atom is -0.294 e. The van der Waals surface area contributed by atoms with Gasteiger partial charge in [-0.15, -0.1) is 11.3 Å². The third-order valence-corrected chi connectivity index (χ3v) is 5.51. The first-order valence-corrected chi connectivity index (χ1v) is 8.99. The fourth-order valence-corrected chi connectivity index (χ4v) is 3.77. The number of H-pyrrole nitrogens is 1. The second-order valence-electron chi connectivity index (χ2n) is 6.03. The Kier molecular flexibility index (Phi) is 4.00. The molecule has 0 spiro atoms. The molecule has 0 bridgehead atoms. The van der Waals surface area contributed by atoms with Crippen LogP contribution < -0.4 is 5.69 Å². The van der Waals surface area contributed by atoms with E-state index >= 15 is 0 Å². The molecular weight excluding hydrogens is 348 g/mol. The van der Waals surface area contributed by atoms with Gasteiger partial charge in [0.1, 0.15) is 5.69 Å². The van der Waals surface area contributed by atoms with E-state index in [-0.39, 0.29) is 17.5 Å². The lowest BCUT2D eigenvalue weighted by molar-refractivity contribution is 0.102. The van der Waals surface area contributed by atoms with Crippen LogP contribution in [0, 0.1) is 0 Å². The number of hydrogen-bond acceptors (Lipinski definition) is 5. The lowest BCUT2D eigenvalue weighted by Gasteiger charge is -2.13. The summed E-state index contributed by atoms with van der Waals surface area (Å²) in [5.41, 5.74) is 2.36. The van der Waals surface area contributed by atoms with Crippen molar-refractivity contribution in [2.45, 2.75) is 19.9 Å². The summed E-state index contributed by atoms with van der Waals surface area (Å²) in [6.45, 7) is 3.49. The molecule has 130 valence electrons. The number of aromatic amines is 1. The van der Waals surface area contributed by atoms with Crippen molar-refractivity contribution in [3.05, 3.63) is 69.6 Å². The maximum absolute atomic E-state index is 12.5. The Bertz CT molecular complexity index is 1160. The molecule has 3 aromatic heterocycles. The van der Waals surface area contributed by atoms with Gasteiger partial charge in [0.25, 0.3) is 0 Å². The van der Waals surface area contributed by atoms with Gasteiger partial charge in [-0.2, -0.15) is 0 Å². The largest absolute Gasteiger partial charge is 0.329 e. The Morgan fingerprint density at radius 1 is 1.19 bits per heavy atom.